The Morgan fingerprint density at radius 2 is 1.63 bits per heavy atom. The Balaban J connectivity index is 1.40. The van der Waals surface area contributed by atoms with Crippen LogP contribution in [0, 0.1) is 41.2 Å². The molecule has 0 amide bonds. The summed E-state index contributed by atoms with van der Waals surface area (Å²) < 4.78 is 34.0. The molecule has 4 atom stereocenters. The van der Waals surface area contributed by atoms with E-state index in [-0.39, 0.29) is 11.7 Å². The summed E-state index contributed by atoms with van der Waals surface area (Å²) in [5, 5.41) is 0. The van der Waals surface area contributed by atoms with Crippen molar-refractivity contribution in [3.8, 4) is 5.75 Å². The molecule has 0 N–H and O–H groups in total. The summed E-state index contributed by atoms with van der Waals surface area (Å²) in [5.41, 5.74) is 0.547. The molecule has 0 bridgehead atoms. The van der Waals surface area contributed by atoms with Gasteiger partial charge in [-0.05, 0) is 105 Å². The van der Waals surface area contributed by atoms with Gasteiger partial charge in [-0.1, -0.05) is 12.1 Å². The molecule has 0 radical (unpaired) electrons. The minimum Gasteiger partial charge on any atom is -0.491 e. The Morgan fingerprint density at radius 3 is 2.33 bits per heavy atom. The second-order valence-electron chi connectivity index (χ2n) is 8.87. The molecule has 0 heterocycles. The number of allylic oxidation sites excluding steroid dienone is 1. The smallest absolute Gasteiger partial charge is 0.200 e. The minimum absolute atomic E-state index is 0.0300. The molecular formula is C24H32F2O. The zero-order valence-electron chi connectivity index (χ0n) is 16.4. The summed E-state index contributed by atoms with van der Waals surface area (Å²) in [6, 6.07) is 3.34. The number of benzene rings is 1. The van der Waals surface area contributed by atoms with E-state index < -0.39 is 11.6 Å². The number of fused-ring (bicyclic) bond motifs is 1. The van der Waals surface area contributed by atoms with Crippen LogP contribution >= 0.6 is 0 Å². The van der Waals surface area contributed by atoms with Gasteiger partial charge in [0.1, 0.15) is 0 Å². The molecule has 3 aliphatic rings. The first kappa shape index (κ1) is 19.0. The van der Waals surface area contributed by atoms with E-state index in [1.54, 1.807) is 19.1 Å². The van der Waals surface area contributed by atoms with Crippen LogP contribution in [-0.4, -0.2) is 6.61 Å². The van der Waals surface area contributed by atoms with Crippen molar-refractivity contribution in [2.24, 2.45) is 29.6 Å². The van der Waals surface area contributed by atoms with Crippen LogP contribution in [0.5, 0.6) is 5.75 Å². The second-order valence-corrected chi connectivity index (χ2v) is 8.87. The maximum Gasteiger partial charge on any atom is 0.200 e. The lowest BCUT2D eigenvalue weighted by Crippen LogP contribution is -2.25. The van der Waals surface area contributed by atoms with Crippen molar-refractivity contribution in [1.29, 1.82) is 0 Å². The van der Waals surface area contributed by atoms with Crippen LogP contribution in [0.1, 0.15) is 69.8 Å². The zero-order chi connectivity index (χ0) is 19.0. The number of hydrogen-bond acceptors (Lipinski definition) is 1. The molecule has 3 heteroatoms. The van der Waals surface area contributed by atoms with Crippen molar-refractivity contribution in [1.82, 2.24) is 0 Å². The predicted molar refractivity (Wildman–Crippen MR) is 105 cm³/mol. The Hall–Kier alpha value is -1.38. The zero-order valence-corrected chi connectivity index (χ0v) is 16.4. The van der Waals surface area contributed by atoms with Crippen LogP contribution in [-0.2, 0) is 0 Å². The number of halogens is 2. The average Bonchev–Trinajstić information content (AvgIpc) is 3.28. The quantitative estimate of drug-likeness (QED) is 0.511. The molecule has 3 fully saturated rings. The fourth-order valence-corrected chi connectivity index (χ4v) is 6.55. The van der Waals surface area contributed by atoms with E-state index in [4.69, 9.17) is 4.74 Å². The number of hydrogen-bond donors (Lipinski definition) is 0. The number of ether oxygens (including phenoxy) is 1. The molecule has 4 unspecified atom stereocenters. The minimum atomic E-state index is -0.823. The van der Waals surface area contributed by atoms with Crippen molar-refractivity contribution in [2.45, 2.75) is 64.2 Å². The van der Waals surface area contributed by atoms with Crippen molar-refractivity contribution < 1.29 is 13.5 Å². The van der Waals surface area contributed by atoms with Crippen LogP contribution in [0.4, 0.5) is 8.78 Å². The first-order valence-corrected chi connectivity index (χ1v) is 10.9. The van der Waals surface area contributed by atoms with Crippen molar-refractivity contribution in [3.63, 3.8) is 0 Å². The maximum atomic E-state index is 14.6. The van der Waals surface area contributed by atoms with Gasteiger partial charge < -0.3 is 4.74 Å². The average molecular weight is 375 g/mol. The van der Waals surface area contributed by atoms with E-state index in [0.717, 1.165) is 55.3 Å². The van der Waals surface area contributed by atoms with Gasteiger partial charge >= 0.3 is 0 Å². The molecule has 1 nitrogen and oxygen atoms in total. The van der Waals surface area contributed by atoms with Crippen LogP contribution in [0.3, 0.4) is 0 Å². The SMILES string of the molecule is C=CC1CCC2C1CCC2C1CCC(c2ccc(OCC)c(F)c2F)CC1. The molecule has 0 spiro atoms. The van der Waals surface area contributed by atoms with Gasteiger partial charge in [-0.3, -0.25) is 0 Å². The van der Waals surface area contributed by atoms with Gasteiger partial charge in [0.05, 0.1) is 6.61 Å². The molecule has 0 saturated heterocycles. The van der Waals surface area contributed by atoms with Crippen molar-refractivity contribution in [3.05, 3.63) is 42.0 Å². The normalized spacial score (nSPS) is 35.8. The van der Waals surface area contributed by atoms with Gasteiger partial charge in [0.25, 0.3) is 0 Å². The Bertz CT molecular complexity index is 677. The molecule has 0 aromatic heterocycles. The van der Waals surface area contributed by atoms with E-state index in [1.165, 1.54) is 25.7 Å². The Kier molecular flexibility index (Phi) is 5.57. The molecule has 27 heavy (non-hydrogen) atoms. The summed E-state index contributed by atoms with van der Waals surface area (Å²) in [7, 11) is 0. The van der Waals surface area contributed by atoms with E-state index in [0.29, 0.717) is 12.2 Å². The fourth-order valence-electron chi connectivity index (χ4n) is 6.55. The third-order valence-electron chi connectivity index (χ3n) is 7.81. The molecular weight excluding hydrogens is 342 g/mol. The third kappa shape index (κ3) is 3.43. The van der Waals surface area contributed by atoms with Crippen LogP contribution in [0.2, 0.25) is 0 Å². The predicted octanol–water partition coefficient (Wildman–Crippen LogP) is 6.88. The van der Waals surface area contributed by atoms with Gasteiger partial charge in [-0.2, -0.15) is 4.39 Å². The highest BCUT2D eigenvalue weighted by Gasteiger charge is 2.46. The Morgan fingerprint density at radius 1 is 0.926 bits per heavy atom. The Labute approximate surface area is 162 Å². The van der Waals surface area contributed by atoms with Gasteiger partial charge in [0.15, 0.2) is 11.6 Å². The van der Waals surface area contributed by atoms with Crippen molar-refractivity contribution in [2.75, 3.05) is 6.61 Å². The summed E-state index contributed by atoms with van der Waals surface area (Å²) in [4.78, 5) is 0. The molecule has 4 rings (SSSR count). The van der Waals surface area contributed by atoms with Crippen LogP contribution < -0.4 is 4.74 Å². The molecule has 1 aromatic carbocycles. The molecule has 3 aliphatic carbocycles. The summed E-state index contributed by atoms with van der Waals surface area (Å²) >= 11 is 0. The van der Waals surface area contributed by atoms with Crippen LogP contribution in [0.15, 0.2) is 24.8 Å². The van der Waals surface area contributed by atoms with Gasteiger partial charge in [-0.15, -0.1) is 6.58 Å². The topological polar surface area (TPSA) is 9.23 Å². The lowest BCUT2D eigenvalue weighted by atomic mass is 9.70. The third-order valence-corrected chi connectivity index (χ3v) is 7.81. The van der Waals surface area contributed by atoms with Gasteiger partial charge in [0.2, 0.25) is 5.82 Å². The van der Waals surface area contributed by atoms with E-state index in [1.807, 2.05) is 0 Å². The molecule has 148 valence electrons. The van der Waals surface area contributed by atoms with Crippen LogP contribution in [0.25, 0.3) is 0 Å². The van der Waals surface area contributed by atoms with E-state index >= 15 is 0 Å². The number of rotatable bonds is 5. The maximum absolute atomic E-state index is 14.6. The second kappa shape index (κ2) is 7.93. The largest absolute Gasteiger partial charge is 0.491 e. The lowest BCUT2D eigenvalue weighted by Gasteiger charge is -2.35. The molecule has 0 aliphatic heterocycles. The van der Waals surface area contributed by atoms with E-state index in [9.17, 15) is 8.78 Å². The van der Waals surface area contributed by atoms with Gasteiger partial charge in [0, 0.05) is 0 Å². The molecule has 1 aromatic rings. The molecule has 3 saturated carbocycles. The fraction of sp³-hybridized carbons (Fsp3) is 0.667. The van der Waals surface area contributed by atoms with Crippen molar-refractivity contribution >= 4 is 0 Å². The standard InChI is InChI=1S/C24H32F2O/c1-3-15-9-10-21-18(15)11-12-19(21)16-5-7-17(8-6-16)20-13-14-22(27-4-2)24(26)23(20)25/h3,13-19,21H,1,4-12H2,2H3. The lowest BCUT2D eigenvalue weighted by molar-refractivity contribution is 0.180. The first-order chi connectivity index (χ1) is 13.1. The highest BCUT2D eigenvalue weighted by atomic mass is 19.2. The monoisotopic (exact) mass is 374 g/mol. The summed E-state index contributed by atoms with van der Waals surface area (Å²) in [6.07, 6.45) is 11.9. The van der Waals surface area contributed by atoms with Gasteiger partial charge in [-0.25, -0.2) is 4.39 Å². The first-order valence-electron chi connectivity index (χ1n) is 10.9. The highest BCUT2D eigenvalue weighted by Crippen LogP contribution is 2.56. The summed E-state index contributed by atoms with van der Waals surface area (Å²) in [6.45, 7) is 6.17. The summed E-state index contributed by atoms with van der Waals surface area (Å²) in [5.74, 6) is 2.76. The highest BCUT2D eigenvalue weighted by molar-refractivity contribution is 5.33. The van der Waals surface area contributed by atoms with E-state index in [2.05, 4.69) is 12.7 Å².